The molecule has 1 fully saturated rings. The Labute approximate surface area is 108 Å². The molecule has 1 heterocycles. The molecule has 1 aliphatic carbocycles. The summed E-state index contributed by atoms with van der Waals surface area (Å²) in [4.78, 5) is 8.43. The fraction of sp³-hybridized carbons (Fsp3) is 0.714. The molecule has 1 aromatic heterocycles. The Morgan fingerprint density at radius 3 is 2.61 bits per heavy atom. The van der Waals surface area contributed by atoms with E-state index < -0.39 is 0 Å². The first-order valence-corrected chi connectivity index (χ1v) is 6.60. The molecule has 0 aromatic carbocycles. The van der Waals surface area contributed by atoms with E-state index in [0.29, 0.717) is 11.4 Å². The van der Waals surface area contributed by atoms with Gasteiger partial charge < -0.3 is 9.84 Å². The summed E-state index contributed by atoms with van der Waals surface area (Å²) in [7, 11) is 0. The van der Waals surface area contributed by atoms with Crippen LogP contribution in [-0.4, -0.2) is 21.2 Å². The second kappa shape index (κ2) is 5.22. The minimum Gasteiger partial charge on any atom is -0.460 e. The maximum Gasteiger partial charge on any atom is 0.316 e. The van der Waals surface area contributed by atoms with E-state index in [1.165, 1.54) is 12.8 Å². The number of aliphatic hydroxyl groups excluding tert-OH is 1. The maximum atomic E-state index is 9.07. The first-order valence-electron chi connectivity index (χ1n) is 6.60. The van der Waals surface area contributed by atoms with Crippen LogP contribution in [-0.2, 0) is 6.61 Å². The van der Waals surface area contributed by atoms with Crippen LogP contribution in [0.5, 0.6) is 6.01 Å². The normalized spacial score (nSPS) is 19.8. The Morgan fingerprint density at radius 2 is 2.06 bits per heavy atom. The number of hydrogen-bond donors (Lipinski definition) is 1. The number of aromatic nitrogens is 2. The van der Waals surface area contributed by atoms with Gasteiger partial charge in [-0.25, -0.2) is 9.97 Å². The molecule has 0 unspecified atom stereocenters. The number of ether oxygens (including phenoxy) is 1. The third-order valence-electron chi connectivity index (χ3n) is 3.79. The van der Waals surface area contributed by atoms with Gasteiger partial charge in [0.05, 0.1) is 12.3 Å². The van der Waals surface area contributed by atoms with E-state index in [-0.39, 0.29) is 12.7 Å². The van der Waals surface area contributed by atoms with Crippen LogP contribution in [0.1, 0.15) is 50.8 Å². The van der Waals surface area contributed by atoms with Crippen LogP contribution < -0.4 is 4.74 Å². The number of aliphatic hydroxyl groups is 1. The third kappa shape index (κ3) is 3.19. The second-order valence-electron chi connectivity index (χ2n) is 5.90. The van der Waals surface area contributed by atoms with Crippen LogP contribution in [0.4, 0.5) is 0 Å². The van der Waals surface area contributed by atoms with E-state index in [0.717, 1.165) is 24.1 Å². The van der Waals surface area contributed by atoms with Crippen LogP contribution in [0.25, 0.3) is 0 Å². The molecule has 2 rings (SSSR count). The summed E-state index contributed by atoms with van der Waals surface area (Å²) in [5.41, 5.74) is 1.99. The SMILES string of the molecule is Cc1nc(OC2CCC(C)(C)CC2)ncc1CO. The molecular weight excluding hydrogens is 228 g/mol. The standard InChI is InChI=1S/C14H22N2O2/c1-10-11(9-17)8-15-13(16-10)18-12-4-6-14(2,3)7-5-12/h8,12,17H,4-7,9H2,1-3H3. The highest BCUT2D eigenvalue weighted by molar-refractivity contribution is 5.16. The molecule has 18 heavy (non-hydrogen) atoms. The van der Waals surface area contributed by atoms with Crippen molar-refractivity contribution in [3.63, 3.8) is 0 Å². The van der Waals surface area contributed by atoms with Gasteiger partial charge in [-0.05, 0) is 38.0 Å². The van der Waals surface area contributed by atoms with E-state index in [4.69, 9.17) is 9.84 Å². The molecule has 0 radical (unpaired) electrons. The van der Waals surface area contributed by atoms with Crippen molar-refractivity contribution in [2.24, 2.45) is 5.41 Å². The summed E-state index contributed by atoms with van der Waals surface area (Å²) >= 11 is 0. The van der Waals surface area contributed by atoms with Crippen molar-refractivity contribution in [1.29, 1.82) is 0 Å². The molecule has 0 amide bonds. The molecule has 0 bridgehead atoms. The Hall–Kier alpha value is -1.16. The molecule has 4 heteroatoms. The quantitative estimate of drug-likeness (QED) is 0.896. The Bertz CT molecular complexity index is 408. The highest BCUT2D eigenvalue weighted by Gasteiger charge is 2.28. The molecule has 4 nitrogen and oxygen atoms in total. The number of aryl methyl sites for hydroxylation is 1. The highest BCUT2D eigenvalue weighted by Crippen LogP contribution is 2.36. The van der Waals surface area contributed by atoms with Gasteiger partial charge in [0.2, 0.25) is 0 Å². The Kier molecular flexibility index (Phi) is 3.85. The molecule has 0 atom stereocenters. The predicted molar refractivity (Wildman–Crippen MR) is 69.4 cm³/mol. The summed E-state index contributed by atoms with van der Waals surface area (Å²) in [5, 5.41) is 9.07. The minimum absolute atomic E-state index is 0.0241. The predicted octanol–water partition coefficient (Wildman–Crippen LogP) is 2.62. The van der Waals surface area contributed by atoms with Gasteiger partial charge in [-0.3, -0.25) is 0 Å². The van der Waals surface area contributed by atoms with Crippen molar-refractivity contribution >= 4 is 0 Å². The molecule has 1 N–H and O–H groups in total. The van der Waals surface area contributed by atoms with E-state index in [2.05, 4.69) is 23.8 Å². The van der Waals surface area contributed by atoms with Gasteiger partial charge in [-0.15, -0.1) is 0 Å². The smallest absolute Gasteiger partial charge is 0.316 e. The lowest BCUT2D eigenvalue weighted by molar-refractivity contribution is 0.0903. The van der Waals surface area contributed by atoms with Crippen molar-refractivity contribution < 1.29 is 9.84 Å². The van der Waals surface area contributed by atoms with Gasteiger partial charge in [0, 0.05) is 11.8 Å². The summed E-state index contributed by atoms with van der Waals surface area (Å²) in [6.45, 7) is 6.45. The van der Waals surface area contributed by atoms with Gasteiger partial charge in [0.1, 0.15) is 6.10 Å². The lowest BCUT2D eigenvalue weighted by atomic mass is 9.76. The monoisotopic (exact) mass is 250 g/mol. The van der Waals surface area contributed by atoms with Crippen molar-refractivity contribution in [1.82, 2.24) is 9.97 Å². The second-order valence-corrected chi connectivity index (χ2v) is 5.90. The molecule has 100 valence electrons. The van der Waals surface area contributed by atoms with Crippen molar-refractivity contribution in [3.05, 3.63) is 17.5 Å². The molecular formula is C14H22N2O2. The molecule has 1 aliphatic rings. The van der Waals surface area contributed by atoms with Crippen LogP contribution >= 0.6 is 0 Å². The lowest BCUT2D eigenvalue weighted by Crippen LogP contribution is -2.28. The molecule has 0 aliphatic heterocycles. The topological polar surface area (TPSA) is 55.2 Å². The largest absolute Gasteiger partial charge is 0.460 e. The average Bonchev–Trinajstić information content (AvgIpc) is 2.32. The van der Waals surface area contributed by atoms with Gasteiger partial charge in [0.25, 0.3) is 0 Å². The van der Waals surface area contributed by atoms with Gasteiger partial charge in [-0.2, -0.15) is 0 Å². The molecule has 0 saturated heterocycles. The van der Waals surface area contributed by atoms with Crippen LogP contribution in [0, 0.1) is 12.3 Å². The highest BCUT2D eigenvalue weighted by atomic mass is 16.5. The number of rotatable bonds is 3. The van der Waals surface area contributed by atoms with Gasteiger partial charge in [0.15, 0.2) is 0 Å². The number of nitrogens with zero attached hydrogens (tertiary/aromatic N) is 2. The fourth-order valence-electron chi connectivity index (χ4n) is 2.32. The Balaban J connectivity index is 1.96. The fourth-order valence-corrected chi connectivity index (χ4v) is 2.32. The zero-order chi connectivity index (χ0) is 13.2. The first-order chi connectivity index (χ1) is 8.50. The van der Waals surface area contributed by atoms with Gasteiger partial charge >= 0.3 is 6.01 Å². The van der Waals surface area contributed by atoms with Crippen LogP contribution in [0.3, 0.4) is 0 Å². The zero-order valence-corrected chi connectivity index (χ0v) is 11.4. The lowest BCUT2D eigenvalue weighted by Gasteiger charge is -2.33. The molecule has 1 aromatic rings. The molecule has 0 spiro atoms. The van der Waals surface area contributed by atoms with Crippen LogP contribution in [0.2, 0.25) is 0 Å². The number of hydrogen-bond acceptors (Lipinski definition) is 4. The van der Waals surface area contributed by atoms with Crippen molar-refractivity contribution in [3.8, 4) is 6.01 Å². The van der Waals surface area contributed by atoms with Gasteiger partial charge in [-0.1, -0.05) is 13.8 Å². The van der Waals surface area contributed by atoms with E-state index in [1.807, 2.05) is 6.92 Å². The summed E-state index contributed by atoms with van der Waals surface area (Å²) in [5.74, 6) is 0. The third-order valence-corrected chi connectivity index (χ3v) is 3.79. The maximum absolute atomic E-state index is 9.07. The summed E-state index contributed by atoms with van der Waals surface area (Å²) in [6.07, 6.45) is 6.38. The molecule has 1 saturated carbocycles. The zero-order valence-electron chi connectivity index (χ0n) is 11.4. The Morgan fingerprint density at radius 1 is 1.39 bits per heavy atom. The summed E-state index contributed by atoms with van der Waals surface area (Å²) in [6, 6.07) is 0.439. The van der Waals surface area contributed by atoms with E-state index in [9.17, 15) is 0 Å². The average molecular weight is 250 g/mol. The van der Waals surface area contributed by atoms with E-state index >= 15 is 0 Å². The van der Waals surface area contributed by atoms with Crippen molar-refractivity contribution in [2.75, 3.05) is 0 Å². The van der Waals surface area contributed by atoms with Crippen LogP contribution in [0.15, 0.2) is 6.20 Å². The van der Waals surface area contributed by atoms with Crippen molar-refractivity contribution in [2.45, 2.75) is 59.2 Å². The minimum atomic E-state index is -0.0241. The first kappa shape index (κ1) is 13.3. The van der Waals surface area contributed by atoms with E-state index in [1.54, 1.807) is 6.20 Å². The summed E-state index contributed by atoms with van der Waals surface area (Å²) < 4.78 is 5.83.